The second-order valence-electron chi connectivity index (χ2n) is 11.7. The number of hydrogen-bond donors (Lipinski definition) is 1. The summed E-state index contributed by atoms with van der Waals surface area (Å²) in [6.07, 6.45) is 0.264. The minimum atomic E-state index is -4.14. The van der Waals surface area contributed by atoms with Crippen LogP contribution in [0.5, 0.6) is 0 Å². The highest BCUT2D eigenvalue weighted by Gasteiger charge is 2.34. The van der Waals surface area contributed by atoms with E-state index in [1.54, 1.807) is 42.5 Å². The molecule has 1 N–H and O–H groups in total. The largest absolute Gasteiger partial charge is 0.354 e. The Bertz CT molecular complexity index is 1710. The topological polar surface area (TPSA) is 86.8 Å². The molecule has 0 saturated carbocycles. The van der Waals surface area contributed by atoms with Crippen molar-refractivity contribution < 1.29 is 18.0 Å². The molecule has 0 fully saturated rings. The molecule has 0 heterocycles. The van der Waals surface area contributed by atoms with Gasteiger partial charge in [0.25, 0.3) is 10.0 Å². The maximum Gasteiger partial charge on any atom is 0.264 e. The van der Waals surface area contributed by atoms with Crippen LogP contribution in [0.25, 0.3) is 0 Å². The predicted octanol–water partition coefficient (Wildman–Crippen LogP) is 6.67. The first-order valence-electron chi connectivity index (χ1n) is 15.0. The van der Waals surface area contributed by atoms with Gasteiger partial charge in [0.15, 0.2) is 0 Å². The van der Waals surface area contributed by atoms with E-state index in [1.807, 2.05) is 88.4 Å². The summed E-state index contributed by atoms with van der Waals surface area (Å²) in [5, 5.41) is 3.01. The Morgan fingerprint density at radius 3 is 2.11 bits per heavy atom. The van der Waals surface area contributed by atoms with Gasteiger partial charge in [-0.2, -0.15) is 0 Å². The van der Waals surface area contributed by atoms with E-state index in [4.69, 9.17) is 0 Å². The van der Waals surface area contributed by atoms with E-state index < -0.39 is 28.5 Å². The summed E-state index contributed by atoms with van der Waals surface area (Å²) in [4.78, 5) is 30.0. The van der Waals surface area contributed by atoms with Gasteiger partial charge in [-0.3, -0.25) is 13.9 Å². The Kier molecular flexibility index (Phi) is 11.6. The summed E-state index contributed by atoms with van der Waals surface area (Å²) in [6, 6.07) is 29.8. The molecule has 4 aromatic carbocycles. The van der Waals surface area contributed by atoms with Gasteiger partial charge in [-0.15, -0.1) is 0 Å². The number of benzene rings is 4. The van der Waals surface area contributed by atoms with Gasteiger partial charge in [0.1, 0.15) is 12.6 Å². The van der Waals surface area contributed by atoms with Crippen molar-refractivity contribution in [1.82, 2.24) is 10.2 Å². The molecule has 45 heavy (non-hydrogen) atoms. The minimum absolute atomic E-state index is 0.0801. The minimum Gasteiger partial charge on any atom is -0.354 e. The molecule has 0 radical (unpaired) electrons. The number of anilines is 1. The number of carbonyl (C=O) groups is 2. The van der Waals surface area contributed by atoms with Crippen LogP contribution in [0.2, 0.25) is 0 Å². The van der Waals surface area contributed by atoms with Crippen LogP contribution in [0.15, 0.2) is 112 Å². The molecule has 0 aliphatic carbocycles. The van der Waals surface area contributed by atoms with Crippen molar-refractivity contribution in [2.75, 3.05) is 17.4 Å². The second kappa shape index (κ2) is 15.4. The number of hydrogen-bond acceptors (Lipinski definition) is 4. The van der Waals surface area contributed by atoms with Crippen LogP contribution in [-0.2, 0) is 32.6 Å². The predicted molar refractivity (Wildman–Crippen MR) is 183 cm³/mol. The average Bonchev–Trinajstić information content (AvgIpc) is 3.01. The van der Waals surface area contributed by atoms with Crippen molar-refractivity contribution >= 4 is 43.5 Å². The lowest BCUT2D eigenvalue weighted by Gasteiger charge is -2.34. The lowest BCUT2D eigenvalue weighted by molar-refractivity contribution is -0.140. The van der Waals surface area contributed by atoms with E-state index in [-0.39, 0.29) is 29.7 Å². The number of nitrogens with zero attached hydrogens (tertiary/aromatic N) is 2. The van der Waals surface area contributed by atoms with Gasteiger partial charge in [-0.05, 0) is 72.9 Å². The molecule has 2 amide bonds. The van der Waals surface area contributed by atoms with Crippen LogP contribution >= 0.6 is 15.9 Å². The fourth-order valence-corrected chi connectivity index (χ4v) is 6.81. The van der Waals surface area contributed by atoms with Gasteiger partial charge < -0.3 is 10.2 Å². The van der Waals surface area contributed by atoms with Crippen LogP contribution in [0.3, 0.4) is 0 Å². The van der Waals surface area contributed by atoms with E-state index in [1.165, 1.54) is 4.90 Å². The Labute approximate surface area is 275 Å². The maximum absolute atomic E-state index is 14.5. The van der Waals surface area contributed by atoms with Gasteiger partial charge >= 0.3 is 0 Å². The van der Waals surface area contributed by atoms with Crippen molar-refractivity contribution in [2.24, 2.45) is 5.92 Å². The Hall–Kier alpha value is -3.95. The van der Waals surface area contributed by atoms with Gasteiger partial charge in [-0.25, -0.2) is 8.42 Å². The van der Waals surface area contributed by atoms with Crippen LogP contribution in [0, 0.1) is 19.8 Å². The fourth-order valence-electron chi connectivity index (χ4n) is 4.96. The normalized spacial score (nSPS) is 12.0. The standard InChI is InChI=1S/C36H40BrN3O4S/c1-26(2)23-38-36(42)34(22-29-11-6-5-7-12-29)39(24-30-13-9-14-31(37)21-30)35(41)25-40(32-15-8-10-28(4)20-32)45(43,44)33-18-16-27(3)17-19-33/h5-21,26,34H,22-25H2,1-4H3,(H,38,42)/t34-/m1/s1. The molecule has 4 aromatic rings. The molecule has 0 aliphatic heterocycles. The summed E-state index contributed by atoms with van der Waals surface area (Å²) >= 11 is 3.51. The lowest BCUT2D eigenvalue weighted by Crippen LogP contribution is -2.53. The fraction of sp³-hybridized carbons (Fsp3) is 0.278. The molecule has 7 nitrogen and oxygen atoms in total. The van der Waals surface area contributed by atoms with E-state index >= 15 is 0 Å². The van der Waals surface area contributed by atoms with Crippen LogP contribution in [0.1, 0.15) is 36.1 Å². The highest BCUT2D eigenvalue weighted by atomic mass is 79.9. The zero-order chi connectivity index (χ0) is 32.6. The third-order valence-corrected chi connectivity index (χ3v) is 9.66. The van der Waals surface area contributed by atoms with Gasteiger partial charge in [0, 0.05) is 24.0 Å². The Morgan fingerprint density at radius 2 is 1.47 bits per heavy atom. The molecule has 1 atom stereocenters. The number of amides is 2. The van der Waals surface area contributed by atoms with E-state index in [2.05, 4.69) is 21.2 Å². The smallest absolute Gasteiger partial charge is 0.264 e. The van der Waals surface area contributed by atoms with Crippen LogP contribution < -0.4 is 9.62 Å². The summed E-state index contributed by atoms with van der Waals surface area (Å²) in [5.74, 6) is -0.579. The number of nitrogens with one attached hydrogen (secondary N) is 1. The third-order valence-electron chi connectivity index (χ3n) is 7.38. The van der Waals surface area contributed by atoms with E-state index in [9.17, 15) is 18.0 Å². The van der Waals surface area contributed by atoms with Crippen LogP contribution in [0.4, 0.5) is 5.69 Å². The quantitative estimate of drug-likeness (QED) is 0.170. The maximum atomic E-state index is 14.5. The first-order chi connectivity index (χ1) is 21.4. The van der Waals surface area contributed by atoms with Gasteiger partial charge in [0.2, 0.25) is 11.8 Å². The average molecular weight is 691 g/mol. The second-order valence-corrected chi connectivity index (χ2v) is 14.4. The number of aryl methyl sites for hydroxylation is 2. The van der Waals surface area contributed by atoms with E-state index in [0.717, 1.165) is 31.0 Å². The summed E-state index contributed by atoms with van der Waals surface area (Å²) in [6.45, 7) is 7.83. The molecule has 9 heteroatoms. The molecule has 0 aliphatic rings. The Morgan fingerprint density at radius 1 is 0.800 bits per heavy atom. The monoisotopic (exact) mass is 689 g/mol. The highest BCUT2D eigenvalue weighted by molar-refractivity contribution is 9.10. The van der Waals surface area contributed by atoms with Gasteiger partial charge in [0.05, 0.1) is 10.6 Å². The van der Waals surface area contributed by atoms with E-state index in [0.29, 0.717) is 12.2 Å². The molecular formula is C36H40BrN3O4S. The zero-order valence-electron chi connectivity index (χ0n) is 26.1. The highest BCUT2D eigenvalue weighted by Crippen LogP contribution is 2.26. The molecular weight excluding hydrogens is 650 g/mol. The molecule has 0 unspecified atom stereocenters. The van der Waals surface area contributed by atoms with Crippen molar-refractivity contribution in [3.63, 3.8) is 0 Å². The van der Waals surface area contributed by atoms with Crippen molar-refractivity contribution in [3.8, 4) is 0 Å². The summed E-state index contributed by atoms with van der Waals surface area (Å²) < 4.78 is 30.3. The molecule has 0 aromatic heterocycles. The summed E-state index contributed by atoms with van der Waals surface area (Å²) in [7, 11) is -4.14. The molecule has 236 valence electrons. The van der Waals surface area contributed by atoms with Crippen molar-refractivity contribution in [3.05, 3.63) is 130 Å². The number of rotatable bonds is 13. The first kappa shape index (κ1) is 33.9. The summed E-state index contributed by atoms with van der Waals surface area (Å²) in [5.41, 5.74) is 3.83. The zero-order valence-corrected chi connectivity index (χ0v) is 28.5. The molecule has 0 spiro atoms. The number of carbonyl (C=O) groups excluding carboxylic acids is 2. The molecule has 0 saturated heterocycles. The third kappa shape index (κ3) is 9.28. The first-order valence-corrected chi connectivity index (χ1v) is 17.2. The SMILES string of the molecule is Cc1ccc(S(=O)(=O)N(CC(=O)N(Cc2cccc(Br)c2)[C@H](Cc2ccccc2)C(=O)NCC(C)C)c2cccc(C)c2)cc1. The molecule has 4 rings (SSSR count). The lowest BCUT2D eigenvalue weighted by atomic mass is 10.0. The number of sulfonamides is 1. The van der Waals surface area contributed by atoms with Crippen molar-refractivity contribution in [1.29, 1.82) is 0 Å². The van der Waals surface area contributed by atoms with Crippen molar-refractivity contribution in [2.45, 2.75) is 51.6 Å². The van der Waals surface area contributed by atoms with Crippen LogP contribution in [-0.4, -0.2) is 44.3 Å². The Balaban J connectivity index is 1.80. The number of halogens is 1. The molecule has 0 bridgehead atoms. The van der Waals surface area contributed by atoms with Gasteiger partial charge in [-0.1, -0.05) is 102 Å².